The summed E-state index contributed by atoms with van der Waals surface area (Å²) in [6.45, 7) is 1.48. The molecule has 1 aliphatic rings. The molecule has 0 radical (unpaired) electrons. The predicted octanol–water partition coefficient (Wildman–Crippen LogP) is 2.75. The highest BCUT2D eigenvalue weighted by Crippen LogP contribution is 2.30. The van der Waals surface area contributed by atoms with Gasteiger partial charge in [-0.15, -0.1) is 0 Å². The Morgan fingerprint density at radius 2 is 1.90 bits per heavy atom. The third kappa shape index (κ3) is 3.06. The van der Waals surface area contributed by atoms with Crippen LogP contribution >= 0.6 is 0 Å². The van der Waals surface area contributed by atoms with E-state index in [1.54, 1.807) is 0 Å². The van der Waals surface area contributed by atoms with Gasteiger partial charge in [-0.05, 0) is 54.2 Å². The Bertz CT molecular complexity index is 564. The van der Waals surface area contributed by atoms with Crippen molar-refractivity contribution in [2.45, 2.75) is 31.4 Å². The quantitative estimate of drug-likeness (QED) is 0.876. The van der Waals surface area contributed by atoms with Crippen LogP contribution in [0.1, 0.15) is 24.8 Å². The number of pyridine rings is 1. The van der Waals surface area contributed by atoms with Gasteiger partial charge in [0.1, 0.15) is 0 Å². The number of rotatable bonds is 5. The molecule has 2 aromatic rings. The van der Waals surface area contributed by atoms with Gasteiger partial charge in [-0.3, -0.25) is 4.98 Å². The van der Waals surface area contributed by atoms with Crippen LogP contribution in [0, 0.1) is 0 Å². The summed E-state index contributed by atoms with van der Waals surface area (Å²) in [4.78, 5) is 4.05. The van der Waals surface area contributed by atoms with Gasteiger partial charge in [0, 0.05) is 25.5 Å². The molecule has 1 aliphatic carbocycles. The van der Waals surface area contributed by atoms with Crippen molar-refractivity contribution < 1.29 is 5.11 Å². The lowest BCUT2D eigenvalue weighted by atomic mass is 9.80. The van der Waals surface area contributed by atoms with Gasteiger partial charge in [-0.2, -0.15) is 0 Å². The zero-order valence-corrected chi connectivity index (χ0v) is 11.5. The van der Waals surface area contributed by atoms with Crippen molar-refractivity contribution in [3.8, 4) is 11.1 Å². The summed E-state index contributed by atoms with van der Waals surface area (Å²) in [5.41, 5.74) is 3.17. The Morgan fingerprint density at radius 3 is 2.60 bits per heavy atom. The Kier molecular flexibility index (Phi) is 3.81. The predicted molar refractivity (Wildman–Crippen MR) is 80.2 cm³/mol. The number of aliphatic hydroxyl groups is 1. The minimum Gasteiger partial charge on any atom is -0.389 e. The lowest BCUT2D eigenvalue weighted by Gasteiger charge is -2.36. The average molecular weight is 268 g/mol. The van der Waals surface area contributed by atoms with E-state index in [2.05, 4.69) is 34.6 Å². The molecule has 3 nitrogen and oxygen atoms in total. The van der Waals surface area contributed by atoms with Crippen LogP contribution in [0.5, 0.6) is 0 Å². The summed E-state index contributed by atoms with van der Waals surface area (Å²) in [6.07, 6.45) is 6.63. The minimum absolute atomic E-state index is 0.456. The van der Waals surface area contributed by atoms with Crippen LogP contribution in [0.2, 0.25) is 0 Å². The van der Waals surface area contributed by atoms with E-state index in [4.69, 9.17) is 0 Å². The van der Waals surface area contributed by atoms with Gasteiger partial charge in [0.05, 0.1) is 5.60 Å². The molecule has 0 aliphatic heterocycles. The SMILES string of the molecule is OC1(CNCc2cccc(-c3ccncc3)c2)CCC1. The van der Waals surface area contributed by atoms with Crippen LogP contribution in [-0.2, 0) is 6.54 Å². The smallest absolute Gasteiger partial charge is 0.0771 e. The first-order valence-corrected chi connectivity index (χ1v) is 7.18. The normalized spacial score (nSPS) is 16.6. The van der Waals surface area contributed by atoms with Crippen LogP contribution in [0.15, 0.2) is 48.8 Å². The third-order valence-corrected chi connectivity index (χ3v) is 4.01. The molecule has 1 aromatic heterocycles. The standard InChI is InChI=1S/C17H20N2O/c20-17(7-2-8-17)13-19-12-14-3-1-4-16(11-14)15-5-9-18-10-6-15/h1,3-6,9-11,19-20H,2,7-8,12-13H2. The van der Waals surface area contributed by atoms with E-state index in [1.165, 1.54) is 16.7 Å². The highest BCUT2D eigenvalue weighted by atomic mass is 16.3. The maximum absolute atomic E-state index is 10.1. The first-order valence-electron chi connectivity index (χ1n) is 7.18. The van der Waals surface area contributed by atoms with Gasteiger partial charge >= 0.3 is 0 Å². The van der Waals surface area contributed by atoms with E-state index < -0.39 is 5.60 Å². The minimum atomic E-state index is -0.456. The Hall–Kier alpha value is -1.71. The van der Waals surface area contributed by atoms with Crippen LogP contribution in [0.25, 0.3) is 11.1 Å². The number of benzene rings is 1. The summed E-state index contributed by atoms with van der Waals surface area (Å²) in [5.74, 6) is 0. The fraction of sp³-hybridized carbons (Fsp3) is 0.353. The highest BCUT2D eigenvalue weighted by Gasteiger charge is 2.33. The molecule has 1 aromatic carbocycles. The monoisotopic (exact) mass is 268 g/mol. The molecule has 0 spiro atoms. The summed E-state index contributed by atoms with van der Waals surface area (Å²) >= 11 is 0. The van der Waals surface area contributed by atoms with Crippen LogP contribution in [0.4, 0.5) is 0 Å². The fourth-order valence-corrected chi connectivity index (χ4v) is 2.61. The molecule has 0 unspecified atom stereocenters. The molecule has 104 valence electrons. The number of nitrogens with one attached hydrogen (secondary N) is 1. The molecular formula is C17H20N2O. The van der Waals surface area contributed by atoms with Crippen molar-refractivity contribution in [2.24, 2.45) is 0 Å². The zero-order valence-electron chi connectivity index (χ0n) is 11.5. The molecule has 0 saturated heterocycles. The van der Waals surface area contributed by atoms with Gasteiger partial charge in [-0.1, -0.05) is 18.2 Å². The second kappa shape index (κ2) is 5.73. The molecule has 1 saturated carbocycles. The Morgan fingerprint density at radius 1 is 1.10 bits per heavy atom. The molecule has 3 rings (SSSR count). The van der Waals surface area contributed by atoms with E-state index in [1.807, 2.05) is 24.5 Å². The second-order valence-corrected chi connectivity index (χ2v) is 5.62. The Balaban J connectivity index is 1.63. The molecule has 3 heteroatoms. The van der Waals surface area contributed by atoms with E-state index in [9.17, 15) is 5.11 Å². The van der Waals surface area contributed by atoms with Gasteiger partial charge in [-0.25, -0.2) is 0 Å². The van der Waals surface area contributed by atoms with Gasteiger partial charge in [0.25, 0.3) is 0 Å². The van der Waals surface area contributed by atoms with Crippen molar-refractivity contribution in [3.05, 3.63) is 54.4 Å². The van der Waals surface area contributed by atoms with Crippen LogP contribution in [-0.4, -0.2) is 22.2 Å². The summed E-state index contributed by atoms with van der Waals surface area (Å²) in [6, 6.07) is 12.5. The maximum atomic E-state index is 10.1. The van der Waals surface area contributed by atoms with E-state index in [0.29, 0.717) is 6.54 Å². The molecule has 20 heavy (non-hydrogen) atoms. The molecule has 2 N–H and O–H groups in total. The summed E-state index contributed by atoms with van der Waals surface area (Å²) in [5, 5.41) is 13.4. The second-order valence-electron chi connectivity index (χ2n) is 5.62. The number of hydrogen-bond acceptors (Lipinski definition) is 3. The average Bonchev–Trinajstić information content (AvgIpc) is 2.47. The highest BCUT2D eigenvalue weighted by molar-refractivity contribution is 5.63. The first-order chi connectivity index (χ1) is 9.75. The zero-order chi connectivity index (χ0) is 13.8. The third-order valence-electron chi connectivity index (χ3n) is 4.01. The molecular weight excluding hydrogens is 248 g/mol. The topological polar surface area (TPSA) is 45.1 Å². The van der Waals surface area contributed by atoms with E-state index in [-0.39, 0.29) is 0 Å². The lowest BCUT2D eigenvalue weighted by molar-refractivity contribution is -0.0314. The number of hydrogen-bond donors (Lipinski definition) is 2. The molecule has 1 heterocycles. The number of nitrogens with zero attached hydrogens (tertiary/aromatic N) is 1. The molecule has 0 amide bonds. The molecule has 0 bridgehead atoms. The van der Waals surface area contributed by atoms with Crippen molar-refractivity contribution in [2.75, 3.05) is 6.54 Å². The first kappa shape index (κ1) is 13.3. The van der Waals surface area contributed by atoms with Crippen molar-refractivity contribution >= 4 is 0 Å². The van der Waals surface area contributed by atoms with Gasteiger partial charge < -0.3 is 10.4 Å². The van der Waals surface area contributed by atoms with Crippen LogP contribution < -0.4 is 5.32 Å². The van der Waals surface area contributed by atoms with Crippen molar-refractivity contribution in [1.29, 1.82) is 0 Å². The van der Waals surface area contributed by atoms with Gasteiger partial charge in [0.2, 0.25) is 0 Å². The maximum Gasteiger partial charge on any atom is 0.0771 e. The molecule has 0 atom stereocenters. The van der Waals surface area contributed by atoms with Crippen molar-refractivity contribution in [1.82, 2.24) is 10.3 Å². The number of aromatic nitrogens is 1. The summed E-state index contributed by atoms with van der Waals surface area (Å²) < 4.78 is 0. The van der Waals surface area contributed by atoms with E-state index >= 15 is 0 Å². The fourth-order valence-electron chi connectivity index (χ4n) is 2.61. The van der Waals surface area contributed by atoms with Crippen LogP contribution in [0.3, 0.4) is 0 Å². The van der Waals surface area contributed by atoms with E-state index in [0.717, 1.165) is 25.8 Å². The largest absolute Gasteiger partial charge is 0.389 e. The van der Waals surface area contributed by atoms with Crippen molar-refractivity contribution in [3.63, 3.8) is 0 Å². The van der Waals surface area contributed by atoms with Gasteiger partial charge in [0.15, 0.2) is 0 Å². The summed E-state index contributed by atoms with van der Waals surface area (Å²) in [7, 11) is 0. The lowest BCUT2D eigenvalue weighted by Crippen LogP contribution is -2.45. The Labute approximate surface area is 119 Å². The molecule has 1 fully saturated rings.